The van der Waals surface area contributed by atoms with Crippen molar-refractivity contribution in [1.82, 2.24) is 4.98 Å². The molecule has 0 radical (unpaired) electrons. The Morgan fingerprint density at radius 2 is 1.70 bits per heavy atom. The lowest BCUT2D eigenvalue weighted by Gasteiger charge is -2.32. The molecular weight excluding hydrogens is 260 g/mol. The van der Waals surface area contributed by atoms with Crippen LogP contribution in [-0.2, 0) is 14.9 Å². The second-order valence-corrected chi connectivity index (χ2v) is 6.75. The maximum Gasteiger partial charge on any atom is 0.496 e. The lowest BCUT2D eigenvalue weighted by molar-refractivity contribution is 0.00578. The summed E-state index contributed by atoms with van der Waals surface area (Å²) in [5.74, 6) is -0.683. The molecule has 110 valence electrons. The molecule has 1 N–H and O–H groups in total. The minimum Gasteiger partial charge on any atom is -0.399 e. The van der Waals surface area contributed by atoms with E-state index in [0.717, 1.165) is 0 Å². The maximum absolute atomic E-state index is 13.7. The predicted molar refractivity (Wildman–Crippen MR) is 75.2 cm³/mol. The summed E-state index contributed by atoms with van der Waals surface area (Å²) in [7, 11) is -0.616. The Morgan fingerprint density at radius 1 is 1.20 bits per heavy atom. The number of halogens is 1. The molecule has 1 fully saturated rings. The van der Waals surface area contributed by atoms with Gasteiger partial charge in [-0.3, -0.25) is 0 Å². The first-order valence-corrected chi connectivity index (χ1v) is 6.68. The van der Waals surface area contributed by atoms with Crippen LogP contribution < -0.4 is 5.46 Å². The van der Waals surface area contributed by atoms with Gasteiger partial charge in [0, 0.05) is 17.2 Å². The van der Waals surface area contributed by atoms with Crippen molar-refractivity contribution in [3.05, 3.63) is 23.8 Å². The Bertz CT molecular complexity index is 510. The zero-order valence-electron chi connectivity index (χ0n) is 12.8. The van der Waals surface area contributed by atoms with Gasteiger partial charge in [-0.15, -0.1) is 0 Å². The smallest absolute Gasteiger partial charge is 0.399 e. The van der Waals surface area contributed by atoms with E-state index >= 15 is 0 Å². The van der Waals surface area contributed by atoms with Gasteiger partial charge in [-0.25, -0.2) is 4.98 Å². The van der Waals surface area contributed by atoms with Crippen LogP contribution in [0.1, 0.15) is 47.1 Å². The fraction of sp³-hybridized carbons (Fsp3) is 0.643. The summed E-state index contributed by atoms with van der Waals surface area (Å²) in [5, 5.41) is 9.98. The van der Waals surface area contributed by atoms with Crippen molar-refractivity contribution in [2.45, 2.75) is 58.3 Å². The molecule has 0 atom stereocenters. The van der Waals surface area contributed by atoms with Crippen molar-refractivity contribution in [1.29, 1.82) is 0 Å². The van der Waals surface area contributed by atoms with E-state index in [0.29, 0.717) is 5.46 Å². The van der Waals surface area contributed by atoms with Crippen molar-refractivity contribution in [2.75, 3.05) is 0 Å². The Morgan fingerprint density at radius 3 is 2.15 bits per heavy atom. The van der Waals surface area contributed by atoms with Crippen LogP contribution in [0.2, 0.25) is 0 Å². The minimum atomic E-state index is -1.31. The lowest BCUT2D eigenvalue weighted by atomic mass is 9.78. The van der Waals surface area contributed by atoms with Crippen LogP contribution in [0, 0.1) is 5.95 Å². The number of hydrogen-bond donors (Lipinski definition) is 1. The van der Waals surface area contributed by atoms with Gasteiger partial charge in [-0.1, -0.05) is 6.07 Å². The molecule has 1 aromatic rings. The van der Waals surface area contributed by atoms with E-state index in [4.69, 9.17) is 9.31 Å². The van der Waals surface area contributed by atoms with E-state index in [9.17, 15) is 9.50 Å². The number of aliphatic hydroxyl groups is 1. The van der Waals surface area contributed by atoms with Gasteiger partial charge < -0.3 is 14.4 Å². The zero-order chi connectivity index (χ0) is 15.3. The molecule has 4 nitrogen and oxygen atoms in total. The predicted octanol–water partition coefficient (Wildman–Crippen LogP) is 1.75. The highest BCUT2D eigenvalue weighted by molar-refractivity contribution is 6.62. The molecule has 6 heteroatoms. The third-order valence-corrected chi connectivity index (χ3v) is 4.04. The molecule has 1 saturated heterocycles. The van der Waals surface area contributed by atoms with Crippen molar-refractivity contribution >= 4 is 12.6 Å². The van der Waals surface area contributed by atoms with Crippen molar-refractivity contribution in [2.24, 2.45) is 0 Å². The summed E-state index contributed by atoms with van der Waals surface area (Å²) >= 11 is 0. The Balaban J connectivity index is 2.37. The Hall–Kier alpha value is -0.975. The topological polar surface area (TPSA) is 51.6 Å². The highest BCUT2D eigenvalue weighted by atomic mass is 19.1. The largest absolute Gasteiger partial charge is 0.496 e. The number of nitrogens with zero attached hydrogens (tertiary/aromatic N) is 1. The molecule has 2 heterocycles. The van der Waals surface area contributed by atoms with Gasteiger partial charge in [0.05, 0.1) is 16.8 Å². The summed E-state index contributed by atoms with van der Waals surface area (Å²) in [6, 6.07) is 1.55. The van der Waals surface area contributed by atoms with Gasteiger partial charge in [-0.05, 0) is 41.5 Å². The molecule has 1 aromatic heterocycles. The summed E-state index contributed by atoms with van der Waals surface area (Å²) in [6.45, 7) is 10.8. The van der Waals surface area contributed by atoms with E-state index in [1.165, 1.54) is 20.0 Å². The molecule has 1 aliphatic rings. The fourth-order valence-electron chi connectivity index (χ4n) is 2.00. The van der Waals surface area contributed by atoms with Gasteiger partial charge in [0.1, 0.15) is 0 Å². The van der Waals surface area contributed by atoms with Crippen molar-refractivity contribution < 1.29 is 18.8 Å². The molecular formula is C14H21BFNO3. The van der Waals surface area contributed by atoms with Crippen LogP contribution in [0.25, 0.3) is 0 Å². The second-order valence-electron chi connectivity index (χ2n) is 6.75. The minimum absolute atomic E-state index is 0.129. The molecule has 0 unspecified atom stereocenters. The normalized spacial score (nSPS) is 21.3. The zero-order valence-corrected chi connectivity index (χ0v) is 12.8. The Kier molecular flexibility index (Phi) is 3.48. The van der Waals surface area contributed by atoms with E-state index in [-0.39, 0.29) is 5.56 Å². The third-order valence-electron chi connectivity index (χ3n) is 4.04. The van der Waals surface area contributed by atoms with Gasteiger partial charge in [-0.2, -0.15) is 4.39 Å². The standard InChI is InChI=1S/C14H21BFNO3/c1-12(2,18)10-7-9(8-17-11(10)16)15-19-13(3,4)14(5,6)20-15/h7-8,18H,1-6H3. The summed E-state index contributed by atoms with van der Waals surface area (Å²) in [6.07, 6.45) is 1.38. The summed E-state index contributed by atoms with van der Waals surface area (Å²) < 4.78 is 25.5. The van der Waals surface area contributed by atoms with Crippen LogP contribution in [0.15, 0.2) is 12.3 Å². The average molecular weight is 281 g/mol. The number of rotatable bonds is 2. The summed E-state index contributed by atoms with van der Waals surface area (Å²) in [4.78, 5) is 3.70. The molecule has 0 aliphatic carbocycles. The molecule has 0 bridgehead atoms. The van der Waals surface area contributed by atoms with E-state index in [2.05, 4.69) is 4.98 Å². The van der Waals surface area contributed by atoms with Gasteiger partial charge in [0.2, 0.25) is 5.95 Å². The molecule has 0 spiro atoms. The number of pyridine rings is 1. The maximum atomic E-state index is 13.7. The molecule has 2 rings (SSSR count). The van der Waals surface area contributed by atoms with Crippen LogP contribution in [-0.4, -0.2) is 28.4 Å². The highest BCUT2D eigenvalue weighted by Crippen LogP contribution is 2.36. The van der Waals surface area contributed by atoms with Gasteiger partial charge in [0.25, 0.3) is 0 Å². The highest BCUT2D eigenvalue weighted by Gasteiger charge is 2.52. The van der Waals surface area contributed by atoms with Crippen molar-refractivity contribution in [3.8, 4) is 0 Å². The number of aromatic nitrogens is 1. The van der Waals surface area contributed by atoms with Crippen LogP contribution in [0.5, 0.6) is 0 Å². The van der Waals surface area contributed by atoms with E-state index in [1.807, 2.05) is 27.7 Å². The Labute approximate surface area is 119 Å². The summed E-state index contributed by atoms with van der Waals surface area (Å²) in [5.41, 5.74) is -1.52. The molecule has 1 aliphatic heterocycles. The van der Waals surface area contributed by atoms with Crippen LogP contribution in [0.3, 0.4) is 0 Å². The van der Waals surface area contributed by atoms with E-state index < -0.39 is 29.9 Å². The average Bonchev–Trinajstić information content (AvgIpc) is 2.47. The van der Waals surface area contributed by atoms with Gasteiger partial charge in [0.15, 0.2) is 0 Å². The quantitative estimate of drug-likeness (QED) is 0.663. The lowest BCUT2D eigenvalue weighted by Crippen LogP contribution is -2.41. The van der Waals surface area contributed by atoms with Crippen LogP contribution >= 0.6 is 0 Å². The first kappa shape index (κ1) is 15.4. The number of hydrogen-bond acceptors (Lipinski definition) is 4. The molecule has 0 saturated carbocycles. The first-order valence-electron chi connectivity index (χ1n) is 6.68. The molecule has 20 heavy (non-hydrogen) atoms. The van der Waals surface area contributed by atoms with Crippen LogP contribution in [0.4, 0.5) is 4.39 Å². The first-order chi connectivity index (χ1) is 8.94. The van der Waals surface area contributed by atoms with Crippen molar-refractivity contribution in [3.63, 3.8) is 0 Å². The third kappa shape index (κ3) is 2.60. The monoisotopic (exact) mass is 281 g/mol. The molecule has 0 amide bonds. The van der Waals surface area contributed by atoms with Gasteiger partial charge >= 0.3 is 7.12 Å². The van der Waals surface area contributed by atoms with E-state index in [1.54, 1.807) is 6.07 Å². The second kappa shape index (κ2) is 4.51. The SMILES string of the molecule is CC(C)(O)c1cc(B2OC(C)(C)C(C)(C)O2)cnc1F. The molecule has 0 aromatic carbocycles. The fourth-order valence-corrected chi connectivity index (χ4v) is 2.00.